The monoisotopic (exact) mass is 242 g/mol. The summed E-state index contributed by atoms with van der Waals surface area (Å²) in [6.45, 7) is 6.00. The molecular weight excluding hydrogens is 220 g/mol. The quantitative estimate of drug-likeness (QED) is 0.750. The molecule has 0 aromatic heterocycles. The van der Waals surface area contributed by atoms with E-state index in [0.717, 1.165) is 12.8 Å². The molecule has 1 rings (SSSR count). The van der Waals surface area contributed by atoms with Crippen LogP contribution in [0.4, 0.5) is 4.79 Å². The second-order valence-electron chi connectivity index (χ2n) is 4.34. The van der Waals surface area contributed by atoms with Gasteiger partial charge in [-0.05, 0) is 26.7 Å². The summed E-state index contributed by atoms with van der Waals surface area (Å²) in [4.78, 5) is 26.9. The van der Waals surface area contributed by atoms with Crippen LogP contribution in [-0.4, -0.2) is 55.1 Å². The van der Waals surface area contributed by atoms with Crippen LogP contribution in [0, 0.1) is 5.92 Å². The molecule has 2 amide bonds. The van der Waals surface area contributed by atoms with Gasteiger partial charge in [-0.15, -0.1) is 0 Å². The van der Waals surface area contributed by atoms with E-state index in [1.165, 1.54) is 0 Å². The summed E-state index contributed by atoms with van der Waals surface area (Å²) in [7, 11) is 1.80. The predicted octanol–water partition coefficient (Wildman–Crippen LogP) is 1.33. The van der Waals surface area contributed by atoms with Gasteiger partial charge in [0.25, 0.3) is 0 Å². The Morgan fingerprint density at radius 3 is 2.71 bits per heavy atom. The molecule has 5 heteroatoms. The van der Waals surface area contributed by atoms with Crippen LogP contribution in [0.5, 0.6) is 0 Å². The second-order valence-corrected chi connectivity index (χ2v) is 4.34. The van der Waals surface area contributed by atoms with E-state index >= 15 is 0 Å². The van der Waals surface area contributed by atoms with Crippen LogP contribution in [0.15, 0.2) is 0 Å². The third-order valence-corrected chi connectivity index (χ3v) is 3.15. The van der Waals surface area contributed by atoms with Gasteiger partial charge in [0.15, 0.2) is 0 Å². The van der Waals surface area contributed by atoms with E-state index in [-0.39, 0.29) is 17.9 Å². The topological polar surface area (TPSA) is 49.9 Å². The van der Waals surface area contributed by atoms with Crippen molar-refractivity contribution < 1.29 is 14.3 Å². The number of rotatable bonds is 3. The maximum atomic E-state index is 12.0. The minimum absolute atomic E-state index is 0.0712. The third-order valence-electron chi connectivity index (χ3n) is 3.15. The van der Waals surface area contributed by atoms with Gasteiger partial charge in [-0.25, -0.2) is 4.79 Å². The summed E-state index contributed by atoms with van der Waals surface area (Å²) >= 11 is 0. The fraction of sp³-hybridized carbons (Fsp3) is 0.833. The molecule has 1 atom stereocenters. The average molecular weight is 242 g/mol. The SMILES string of the molecule is CCOC(=O)N1CCCC(C(=O)N(C)CC)C1. The van der Waals surface area contributed by atoms with Gasteiger partial charge in [0.2, 0.25) is 5.91 Å². The highest BCUT2D eigenvalue weighted by Gasteiger charge is 2.30. The van der Waals surface area contributed by atoms with E-state index in [4.69, 9.17) is 4.74 Å². The maximum absolute atomic E-state index is 12.0. The molecule has 0 saturated carbocycles. The largest absolute Gasteiger partial charge is 0.450 e. The Labute approximate surface area is 103 Å². The summed E-state index contributed by atoms with van der Waals surface area (Å²) < 4.78 is 4.96. The molecule has 0 aliphatic carbocycles. The molecule has 1 aliphatic heterocycles. The molecule has 1 fully saturated rings. The maximum Gasteiger partial charge on any atom is 0.409 e. The zero-order valence-electron chi connectivity index (χ0n) is 10.9. The highest BCUT2D eigenvalue weighted by Crippen LogP contribution is 2.19. The number of piperidine rings is 1. The Morgan fingerprint density at radius 2 is 2.12 bits per heavy atom. The van der Waals surface area contributed by atoms with Crippen molar-refractivity contribution in [3.63, 3.8) is 0 Å². The van der Waals surface area contributed by atoms with Crippen LogP contribution in [-0.2, 0) is 9.53 Å². The number of carbonyl (C=O) groups is 2. The van der Waals surface area contributed by atoms with Crippen molar-refractivity contribution in [3.8, 4) is 0 Å². The fourth-order valence-corrected chi connectivity index (χ4v) is 2.03. The van der Waals surface area contributed by atoms with E-state index in [1.54, 1.807) is 23.8 Å². The molecule has 1 heterocycles. The van der Waals surface area contributed by atoms with Crippen molar-refractivity contribution >= 4 is 12.0 Å². The predicted molar refractivity (Wildman–Crippen MR) is 64.6 cm³/mol. The Hall–Kier alpha value is -1.26. The molecule has 98 valence electrons. The molecule has 17 heavy (non-hydrogen) atoms. The lowest BCUT2D eigenvalue weighted by atomic mass is 9.97. The van der Waals surface area contributed by atoms with Crippen LogP contribution < -0.4 is 0 Å². The first kappa shape index (κ1) is 13.8. The molecule has 0 N–H and O–H groups in total. The molecule has 0 spiro atoms. The number of hydrogen-bond donors (Lipinski definition) is 0. The van der Waals surface area contributed by atoms with E-state index in [0.29, 0.717) is 26.2 Å². The number of ether oxygens (including phenoxy) is 1. The van der Waals surface area contributed by atoms with Gasteiger partial charge < -0.3 is 14.5 Å². The van der Waals surface area contributed by atoms with Crippen molar-refractivity contribution in [1.82, 2.24) is 9.80 Å². The van der Waals surface area contributed by atoms with E-state index in [9.17, 15) is 9.59 Å². The van der Waals surface area contributed by atoms with Crippen LogP contribution in [0.25, 0.3) is 0 Å². The normalized spacial score (nSPS) is 19.9. The first-order valence-electron chi connectivity index (χ1n) is 6.26. The van der Waals surface area contributed by atoms with Crippen LogP contribution in [0.3, 0.4) is 0 Å². The van der Waals surface area contributed by atoms with Crippen LogP contribution >= 0.6 is 0 Å². The lowest BCUT2D eigenvalue weighted by Crippen LogP contribution is -2.46. The number of nitrogens with zero attached hydrogens (tertiary/aromatic N) is 2. The van der Waals surface area contributed by atoms with Crippen LogP contribution in [0.2, 0.25) is 0 Å². The lowest BCUT2D eigenvalue weighted by molar-refractivity contribution is -0.135. The average Bonchev–Trinajstić information content (AvgIpc) is 2.37. The van der Waals surface area contributed by atoms with Crippen molar-refractivity contribution in [2.24, 2.45) is 5.92 Å². The highest BCUT2D eigenvalue weighted by atomic mass is 16.6. The molecule has 0 radical (unpaired) electrons. The van der Waals surface area contributed by atoms with Gasteiger partial charge in [-0.2, -0.15) is 0 Å². The van der Waals surface area contributed by atoms with Crippen molar-refractivity contribution in [2.45, 2.75) is 26.7 Å². The van der Waals surface area contributed by atoms with E-state index in [2.05, 4.69) is 0 Å². The number of carbonyl (C=O) groups excluding carboxylic acids is 2. The molecule has 1 saturated heterocycles. The van der Waals surface area contributed by atoms with E-state index in [1.807, 2.05) is 6.92 Å². The number of likely N-dealkylation sites (tertiary alicyclic amines) is 1. The smallest absolute Gasteiger partial charge is 0.409 e. The van der Waals surface area contributed by atoms with Crippen LogP contribution in [0.1, 0.15) is 26.7 Å². The number of hydrogen-bond acceptors (Lipinski definition) is 3. The van der Waals surface area contributed by atoms with Gasteiger partial charge in [0.1, 0.15) is 0 Å². The zero-order chi connectivity index (χ0) is 12.8. The van der Waals surface area contributed by atoms with Crippen molar-refractivity contribution in [1.29, 1.82) is 0 Å². The summed E-state index contributed by atoms with van der Waals surface area (Å²) in [6, 6.07) is 0. The minimum Gasteiger partial charge on any atom is -0.450 e. The Bertz CT molecular complexity index is 281. The van der Waals surface area contributed by atoms with Gasteiger partial charge in [-0.3, -0.25) is 4.79 Å². The molecule has 0 aromatic rings. The van der Waals surface area contributed by atoms with Gasteiger partial charge in [-0.1, -0.05) is 0 Å². The molecular formula is C12H22N2O3. The summed E-state index contributed by atoms with van der Waals surface area (Å²) in [5.74, 6) is 0.0552. The Kier molecular flexibility index (Phi) is 5.25. The fourth-order valence-electron chi connectivity index (χ4n) is 2.03. The summed E-state index contributed by atoms with van der Waals surface area (Å²) in [5, 5.41) is 0. The Balaban J connectivity index is 2.54. The highest BCUT2D eigenvalue weighted by molar-refractivity contribution is 5.79. The Morgan fingerprint density at radius 1 is 1.41 bits per heavy atom. The van der Waals surface area contributed by atoms with Crippen molar-refractivity contribution in [2.75, 3.05) is 33.3 Å². The van der Waals surface area contributed by atoms with Gasteiger partial charge in [0.05, 0.1) is 12.5 Å². The first-order valence-corrected chi connectivity index (χ1v) is 6.26. The molecule has 0 aromatic carbocycles. The molecule has 0 bridgehead atoms. The van der Waals surface area contributed by atoms with Crippen molar-refractivity contribution in [3.05, 3.63) is 0 Å². The lowest BCUT2D eigenvalue weighted by Gasteiger charge is -2.33. The summed E-state index contributed by atoms with van der Waals surface area (Å²) in [5.41, 5.74) is 0. The van der Waals surface area contributed by atoms with E-state index < -0.39 is 0 Å². The molecule has 1 aliphatic rings. The number of amides is 2. The second kappa shape index (κ2) is 6.47. The first-order chi connectivity index (χ1) is 8.10. The molecule has 5 nitrogen and oxygen atoms in total. The van der Waals surface area contributed by atoms with Gasteiger partial charge in [0, 0.05) is 26.7 Å². The third kappa shape index (κ3) is 3.61. The summed E-state index contributed by atoms with van der Waals surface area (Å²) in [6.07, 6.45) is 1.43. The minimum atomic E-state index is -0.302. The molecule has 1 unspecified atom stereocenters. The standard InChI is InChI=1S/C12H22N2O3/c1-4-13(3)11(15)10-7-6-8-14(9-10)12(16)17-5-2/h10H,4-9H2,1-3H3. The zero-order valence-corrected chi connectivity index (χ0v) is 10.9. The van der Waals surface area contributed by atoms with Gasteiger partial charge >= 0.3 is 6.09 Å².